The molecule has 2 aromatic carbocycles. The van der Waals surface area contributed by atoms with Crippen molar-refractivity contribution in [2.45, 2.75) is 0 Å². The van der Waals surface area contributed by atoms with Gasteiger partial charge in [0.15, 0.2) is 0 Å². The highest BCUT2D eigenvalue weighted by molar-refractivity contribution is 5.96. The maximum atomic E-state index is 12.2. The molecule has 0 radical (unpaired) electrons. The average molecular weight is 365 g/mol. The normalized spacial score (nSPS) is 10.7. The van der Waals surface area contributed by atoms with Crippen molar-refractivity contribution in [3.05, 3.63) is 84.0 Å². The minimum absolute atomic E-state index is 0.367. The Hall–Kier alpha value is -3.71. The molecular formula is C20H19N3O4. The molecule has 0 heterocycles. The van der Waals surface area contributed by atoms with Gasteiger partial charge in [0.2, 0.25) is 0 Å². The lowest BCUT2D eigenvalue weighted by Gasteiger charge is -2.06. The van der Waals surface area contributed by atoms with Gasteiger partial charge in [-0.15, -0.1) is 0 Å². The van der Waals surface area contributed by atoms with E-state index < -0.39 is 11.8 Å². The molecule has 7 nitrogen and oxygen atoms in total. The van der Waals surface area contributed by atoms with Crippen LogP contribution >= 0.6 is 0 Å². The molecule has 0 aromatic heterocycles. The maximum absolute atomic E-state index is 12.2. The highest BCUT2D eigenvalue weighted by atomic mass is 16.5. The fourth-order valence-electron chi connectivity index (χ4n) is 2.09. The molecule has 7 heteroatoms. The van der Waals surface area contributed by atoms with Crippen LogP contribution < -0.4 is 15.6 Å². The molecule has 0 saturated carbocycles. The summed E-state index contributed by atoms with van der Waals surface area (Å²) in [5, 5.41) is 12.4. The van der Waals surface area contributed by atoms with E-state index in [9.17, 15) is 9.59 Å². The summed E-state index contributed by atoms with van der Waals surface area (Å²) >= 11 is 0. The number of rotatable bonds is 8. The van der Waals surface area contributed by atoms with E-state index in [0.29, 0.717) is 29.0 Å². The Bertz CT molecular complexity index is 875. The molecule has 2 aromatic rings. The van der Waals surface area contributed by atoms with Crippen LogP contribution in [0.5, 0.6) is 5.75 Å². The van der Waals surface area contributed by atoms with Crippen molar-refractivity contribution in [1.82, 2.24) is 10.9 Å². The first-order valence-corrected chi connectivity index (χ1v) is 8.02. The second-order valence-electron chi connectivity index (χ2n) is 5.27. The van der Waals surface area contributed by atoms with Crippen LogP contribution in [0.1, 0.15) is 21.5 Å². The first-order chi connectivity index (χ1) is 13.1. The fraction of sp³-hybridized carbons (Fsp3) is 0.0500. The zero-order valence-electron chi connectivity index (χ0n) is 14.5. The Labute approximate surface area is 156 Å². The Kier molecular flexibility index (Phi) is 7.50. The van der Waals surface area contributed by atoms with E-state index in [1.807, 2.05) is 18.2 Å². The number of hydrogen-bond acceptors (Lipinski definition) is 5. The van der Waals surface area contributed by atoms with Crippen LogP contribution in [0.25, 0.3) is 6.08 Å². The van der Waals surface area contributed by atoms with E-state index in [1.165, 1.54) is 17.8 Å². The predicted octanol–water partition coefficient (Wildman–Crippen LogP) is 2.53. The van der Waals surface area contributed by atoms with E-state index in [2.05, 4.69) is 17.1 Å². The average Bonchev–Trinajstić information content (AvgIpc) is 2.71. The minimum Gasteiger partial charge on any atom is -0.489 e. The number of carbonyl (C=O) groups excluding carboxylic acids is 2. The topological polar surface area (TPSA) is 100 Å². The Morgan fingerprint density at radius 1 is 1.19 bits per heavy atom. The van der Waals surface area contributed by atoms with Gasteiger partial charge >= 0.3 is 0 Å². The summed E-state index contributed by atoms with van der Waals surface area (Å²) in [7, 11) is 0. The molecule has 2 amide bonds. The zero-order valence-corrected chi connectivity index (χ0v) is 14.5. The number of para-hydroxylation sites is 1. The van der Waals surface area contributed by atoms with Crippen LogP contribution in [0.15, 0.2) is 72.4 Å². The molecule has 0 saturated heterocycles. The van der Waals surface area contributed by atoms with Gasteiger partial charge in [-0.05, 0) is 35.9 Å². The van der Waals surface area contributed by atoms with Gasteiger partial charge in [-0.3, -0.25) is 14.8 Å². The summed E-state index contributed by atoms with van der Waals surface area (Å²) < 4.78 is 5.52. The molecule has 3 N–H and O–H groups in total. The van der Waals surface area contributed by atoms with Gasteiger partial charge in [-0.2, -0.15) is 5.10 Å². The first-order valence-electron chi connectivity index (χ1n) is 8.02. The molecule has 2 rings (SSSR count). The van der Waals surface area contributed by atoms with Gasteiger partial charge in [0.25, 0.3) is 11.8 Å². The van der Waals surface area contributed by atoms with E-state index >= 15 is 0 Å². The number of amides is 2. The van der Waals surface area contributed by atoms with E-state index in [-0.39, 0.29) is 0 Å². The standard InChI is InChI=1S/C20H19N3O4/c1-2-12-27-18-9-4-3-7-17(18)14-21-22-20(25)16-8-5-6-15(13-16)10-11-19(24)23-26/h2-11,13-14,26H,1,12H2,(H,22,25)(H,23,24). The van der Waals surface area contributed by atoms with Crippen LogP contribution in [0, 0.1) is 0 Å². The first kappa shape index (κ1) is 19.6. The molecule has 0 aliphatic rings. The summed E-state index contributed by atoms with van der Waals surface area (Å²) in [5.41, 5.74) is 5.65. The van der Waals surface area contributed by atoms with E-state index in [0.717, 1.165) is 6.08 Å². The molecule has 138 valence electrons. The monoisotopic (exact) mass is 365 g/mol. The Morgan fingerprint density at radius 3 is 2.78 bits per heavy atom. The lowest BCUT2D eigenvalue weighted by molar-refractivity contribution is -0.124. The molecule has 0 atom stereocenters. The molecule has 0 spiro atoms. The summed E-state index contributed by atoms with van der Waals surface area (Å²) in [6.07, 6.45) is 5.75. The van der Waals surface area contributed by atoms with Gasteiger partial charge in [0.05, 0.1) is 6.21 Å². The second kappa shape index (κ2) is 10.3. The van der Waals surface area contributed by atoms with Crippen molar-refractivity contribution in [2.75, 3.05) is 6.61 Å². The van der Waals surface area contributed by atoms with E-state index in [4.69, 9.17) is 9.94 Å². The van der Waals surface area contributed by atoms with Crippen molar-refractivity contribution in [2.24, 2.45) is 5.10 Å². The van der Waals surface area contributed by atoms with Crippen LogP contribution in [0.3, 0.4) is 0 Å². The second-order valence-corrected chi connectivity index (χ2v) is 5.27. The van der Waals surface area contributed by atoms with Crippen molar-refractivity contribution in [3.8, 4) is 5.75 Å². The molecule has 0 bridgehead atoms. The summed E-state index contributed by atoms with van der Waals surface area (Å²) in [6, 6.07) is 13.9. The van der Waals surface area contributed by atoms with Crippen LogP contribution in [0.2, 0.25) is 0 Å². The quantitative estimate of drug-likeness (QED) is 0.220. The number of hydrogen-bond donors (Lipinski definition) is 3. The number of ether oxygens (including phenoxy) is 1. The molecule has 0 fully saturated rings. The number of hydroxylamine groups is 1. The molecule has 0 unspecified atom stereocenters. The smallest absolute Gasteiger partial charge is 0.271 e. The van der Waals surface area contributed by atoms with Crippen molar-refractivity contribution >= 4 is 24.1 Å². The number of benzene rings is 2. The van der Waals surface area contributed by atoms with Crippen LogP contribution in [-0.4, -0.2) is 29.8 Å². The summed E-state index contributed by atoms with van der Waals surface area (Å²) in [5.74, 6) is -0.436. The Morgan fingerprint density at radius 2 is 2.00 bits per heavy atom. The Balaban J connectivity index is 2.04. The number of nitrogens with one attached hydrogen (secondary N) is 2. The summed E-state index contributed by atoms with van der Waals surface area (Å²) in [4.78, 5) is 23.2. The molecule has 0 aliphatic carbocycles. The molecule has 0 aliphatic heterocycles. The number of nitrogens with zero attached hydrogens (tertiary/aromatic N) is 1. The van der Waals surface area contributed by atoms with Gasteiger partial charge in [0.1, 0.15) is 12.4 Å². The third kappa shape index (κ3) is 6.26. The molecular weight excluding hydrogens is 346 g/mol. The van der Waals surface area contributed by atoms with Gasteiger partial charge in [-0.1, -0.05) is 36.9 Å². The predicted molar refractivity (Wildman–Crippen MR) is 103 cm³/mol. The highest BCUT2D eigenvalue weighted by Gasteiger charge is 2.05. The largest absolute Gasteiger partial charge is 0.489 e. The lowest BCUT2D eigenvalue weighted by atomic mass is 10.1. The third-order valence-electron chi connectivity index (χ3n) is 3.33. The van der Waals surface area contributed by atoms with Crippen molar-refractivity contribution in [1.29, 1.82) is 0 Å². The highest BCUT2D eigenvalue weighted by Crippen LogP contribution is 2.15. The van der Waals surface area contributed by atoms with Crippen molar-refractivity contribution < 1.29 is 19.5 Å². The SMILES string of the molecule is C=CCOc1ccccc1C=NNC(=O)c1cccc(C=CC(=O)NO)c1. The van der Waals surface area contributed by atoms with Gasteiger partial charge < -0.3 is 4.74 Å². The van der Waals surface area contributed by atoms with E-state index in [1.54, 1.807) is 36.4 Å². The van der Waals surface area contributed by atoms with Crippen LogP contribution in [-0.2, 0) is 4.79 Å². The third-order valence-corrected chi connectivity index (χ3v) is 3.33. The number of hydrazone groups is 1. The molecule has 27 heavy (non-hydrogen) atoms. The van der Waals surface area contributed by atoms with Crippen molar-refractivity contribution in [3.63, 3.8) is 0 Å². The number of carbonyl (C=O) groups is 2. The zero-order chi connectivity index (χ0) is 19.5. The summed E-state index contributed by atoms with van der Waals surface area (Å²) in [6.45, 7) is 3.97. The minimum atomic E-state index is -0.660. The fourth-order valence-corrected chi connectivity index (χ4v) is 2.09. The lowest BCUT2D eigenvalue weighted by Crippen LogP contribution is -2.17. The van der Waals surface area contributed by atoms with Gasteiger partial charge in [-0.25, -0.2) is 10.9 Å². The van der Waals surface area contributed by atoms with Gasteiger partial charge in [0, 0.05) is 17.2 Å². The maximum Gasteiger partial charge on any atom is 0.271 e. The van der Waals surface area contributed by atoms with Crippen LogP contribution in [0.4, 0.5) is 0 Å².